The molecule has 3 nitrogen and oxygen atoms in total. The smallest absolute Gasteiger partial charge is 0.252 e. The molecule has 3 aromatic carbocycles. The van der Waals surface area contributed by atoms with Crippen molar-refractivity contribution in [3.05, 3.63) is 102 Å². The van der Waals surface area contributed by atoms with E-state index in [1.807, 2.05) is 91.0 Å². The van der Waals surface area contributed by atoms with Crippen LogP contribution >= 0.6 is 0 Å². The Morgan fingerprint density at radius 1 is 0.929 bits per heavy atom. The topological polar surface area (TPSA) is 38.3 Å². The Morgan fingerprint density at radius 2 is 1.54 bits per heavy atom. The van der Waals surface area contributed by atoms with E-state index in [2.05, 4.69) is 12.2 Å². The highest BCUT2D eigenvalue weighted by Crippen LogP contribution is 2.23. The summed E-state index contributed by atoms with van der Waals surface area (Å²) in [6.07, 6.45) is 2.73. The molecule has 0 heterocycles. The van der Waals surface area contributed by atoms with E-state index in [1.54, 1.807) is 7.11 Å². The molecule has 0 fully saturated rings. The van der Waals surface area contributed by atoms with Gasteiger partial charge in [0.1, 0.15) is 5.75 Å². The molecule has 3 heteroatoms. The summed E-state index contributed by atoms with van der Waals surface area (Å²) in [5.41, 5.74) is 3.60. The maximum atomic E-state index is 13.2. The average Bonchev–Trinajstić information content (AvgIpc) is 2.77. The molecule has 3 aromatic rings. The highest BCUT2D eigenvalue weighted by molar-refractivity contribution is 6.24. The lowest BCUT2D eigenvalue weighted by molar-refractivity contribution is -0.116. The first kappa shape index (κ1) is 19.4. The van der Waals surface area contributed by atoms with Crippen LogP contribution in [0.15, 0.2) is 84.9 Å². The van der Waals surface area contributed by atoms with Gasteiger partial charge in [-0.25, -0.2) is 0 Å². The lowest BCUT2D eigenvalue weighted by Gasteiger charge is -2.19. The van der Waals surface area contributed by atoms with E-state index >= 15 is 0 Å². The van der Waals surface area contributed by atoms with Crippen molar-refractivity contribution >= 4 is 17.6 Å². The number of nitrogens with one attached hydrogen (secondary N) is 1. The zero-order chi connectivity index (χ0) is 19.8. The summed E-state index contributed by atoms with van der Waals surface area (Å²) in [5.74, 6) is 0.719. The molecule has 28 heavy (non-hydrogen) atoms. The molecule has 1 N–H and O–H groups in total. The Kier molecular flexibility index (Phi) is 6.64. The lowest BCUT2D eigenvalue weighted by Crippen LogP contribution is -2.28. The molecule has 0 saturated heterocycles. The van der Waals surface area contributed by atoms with E-state index < -0.39 is 0 Å². The molecule has 1 amide bonds. The predicted molar refractivity (Wildman–Crippen MR) is 115 cm³/mol. The van der Waals surface area contributed by atoms with Crippen molar-refractivity contribution in [3.8, 4) is 5.75 Å². The van der Waals surface area contributed by atoms with Gasteiger partial charge in [-0.15, -0.1) is 0 Å². The predicted octanol–water partition coefficient (Wildman–Crippen LogP) is 5.50. The van der Waals surface area contributed by atoms with E-state index in [-0.39, 0.29) is 11.9 Å². The van der Waals surface area contributed by atoms with Gasteiger partial charge in [0.15, 0.2) is 0 Å². The Bertz CT molecular complexity index is 916. The molecule has 0 aliphatic carbocycles. The van der Waals surface area contributed by atoms with Gasteiger partial charge in [0.05, 0.1) is 13.2 Å². The van der Waals surface area contributed by atoms with Crippen molar-refractivity contribution in [2.24, 2.45) is 0 Å². The minimum Gasteiger partial charge on any atom is -0.497 e. The first-order valence-electron chi connectivity index (χ1n) is 9.48. The van der Waals surface area contributed by atoms with Gasteiger partial charge in [-0.2, -0.15) is 0 Å². The summed E-state index contributed by atoms with van der Waals surface area (Å²) in [6.45, 7) is 2.07. The maximum Gasteiger partial charge on any atom is 0.252 e. The minimum atomic E-state index is -0.0854. The zero-order valence-corrected chi connectivity index (χ0v) is 16.3. The fraction of sp³-hybridized carbons (Fsp3) is 0.160. The van der Waals surface area contributed by atoms with Crippen LogP contribution < -0.4 is 10.1 Å². The van der Waals surface area contributed by atoms with Crippen LogP contribution in [0.5, 0.6) is 5.75 Å². The first-order valence-corrected chi connectivity index (χ1v) is 9.48. The molecule has 0 aromatic heterocycles. The molecule has 0 radical (unpaired) electrons. The van der Waals surface area contributed by atoms with Gasteiger partial charge in [0.25, 0.3) is 5.91 Å². The molecule has 3 rings (SSSR count). The van der Waals surface area contributed by atoms with Gasteiger partial charge in [-0.3, -0.25) is 4.79 Å². The van der Waals surface area contributed by atoms with Crippen LogP contribution in [0, 0.1) is 0 Å². The van der Waals surface area contributed by atoms with Crippen molar-refractivity contribution < 1.29 is 9.53 Å². The Morgan fingerprint density at radius 3 is 2.11 bits per heavy atom. The number of benzene rings is 3. The summed E-state index contributed by atoms with van der Waals surface area (Å²) in [7, 11) is 1.65. The second-order valence-electron chi connectivity index (χ2n) is 6.54. The highest BCUT2D eigenvalue weighted by atomic mass is 16.5. The lowest BCUT2D eigenvalue weighted by atomic mass is 9.99. The van der Waals surface area contributed by atoms with Crippen LogP contribution in [0.2, 0.25) is 0 Å². The highest BCUT2D eigenvalue weighted by Gasteiger charge is 2.17. The molecule has 1 unspecified atom stereocenters. The zero-order valence-electron chi connectivity index (χ0n) is 16.3. The Hall–Kier alpha value is -3.33. The molecule has 0 aliphatic heterocycles. The number of hydrogen-bond acceptors (Lipinski definition) is 2. The molecule has 142 valence electrons. The van der Waals surface area contributed by atoms with E-state index in [9.17, 15) is 4.79 Å². The number of ether oxygens (including phenoxy) is 1. The van der Waals surface area contributed by atoms with Crippen LogP contribution in [0.4, 0.5) is 0 Å². The largest absolute Gasteiger partial charge is 0.497 e. The van der Waals surface area contributed by atoms with Crippen molar-refractivity contribution in [3.63, 3.8) is 0 Å². The summed E-state index contributed by atoms with van der Waals surface area (Å²) >= 11 is 0. The Balaban J connectivity index is 1.89. The van der Waals surface area contributed by atoms with Crippen molar-refractivity contribution in [2.75, 3.05) is 7.11 Å². The summed E-state index contributed by atoms with van der Waals surface area (Å²) in [4.78, 5) is 13.2. The molecular weight excluding hydrogens is 346 g/mol. The quantitative estimate of drug-likeness (QED) is 0.440. The van der Waals surface area contributed by atoms with Crippen LogP contribution in [-0.2, 0) is 4.79 Å². The molecule has 0 saturated carbocycles. The molecular formula is C25H25NO2. The molecule has 0 bridgehead atoms. The van der Waals surface area contributed by atoms with E-state index in [4.69, 9.17) is 4.74 Å². The van der Waals surface area contributed by atoms with Crippen molar-refractivity contribution in [1.29, 1.82) is 0 Å². The summed E-state index contributed by atoms with van der Waals surface area (Å²) in [6, 6.07) is 27.4. The maximum absolute atomic E-state index is 13.2. The second kappa shape index (κ2) is 9.56. The fourth-order valence-corrected chi connectivity index (χ4v) is 3.11. The van der Waals surface area contributed by atoms with Crippen molar-refractivity contribution in [1.82, 2.24) is 5.32 Å². The Labute approximate surface area is 166 Å². The number of carbonyl (C=O) groups excluding carboxylic acids is 1. The molecule has 0 spiro atoms. The standard InChI is InChI=1S/C25H25NO2/c1-3-24(21-14-16-22(28-2)17-15-21)26-25(27)23(20-12-8-5-9-13-20)18-19-10-6-4-7-11-19/h4-18,24H,3H2,1-2H3,(H,26,27)/b23-18+. The van der Waals surface area contributed by atoms with E-state index in [0.29, 0.717) is 5.57 Å². The van der Waals surface area contributed by atoms with Gasteiger partial charge >= 0.3 is 0 Å². The number of hydrogen-bond donors (Lipinski definition) is 1. The monoisotopic (exact) mass is 371 g/mol. The third-order valence-electron chi connectivity index (χ3n) is 4.67. The molecule has 1 atom stereocenters. The van der Waals surface area contributed by atoms with E-state index in [1.165, 1.54) is 0 Å². The third-order valence-corrected chi connectivity index (χ3v) is 4.67. The van der Waals surface area contributed by atoms with Crippen LogP contribution in [0.25, 0.3) is 11.6 Å². The van der Waals surface area contributed by atoms with Gasteiger partial charge in [0, 0.05) is 5.57 Å². The summed E-state index contributed by atoms with van der Waals surface area (Å²) in [5, 5.41) is 3.19. The SMILES string of the molecule is CCC(NC(=O)/C(=C/c1ccccc1)c1ccccc1)c1ccc(OC)cc1. The van der Waals surface area contributed by atoms with Crippen molar-refractivity contribution in [2.45, 2.75) is 19.4 Å². The average molecular weight is 371 g/mol. The van der Waals surface area contributed by atoms with Gasteiger partial charge in [-0.05, 0) is 41.3 Å². The first-order chi connectivity index (χ1) is 13.7. The van der Waals surface area contributed by atoms with Crippen LogP contribution in [-0.4, -0.2) is 13.0 Å². The number of carbonyl (C=O) groups is 1. The number of methoxy groups -OCH3 is 1. The summed E-state index contributed by atoms with van der Waals surface area (Å²) < 4.78 is 5.23. The van der Waals surface area contributed by atoms with E-state index in [0.717, 1.165) is 28.9 Å². The number of amides is 1. The molecule has 0 aliphatic rings. The van der Waals surface area contributed by atoms with Crippen LogP contribution in [0.3, 0.4) is 0 Å². The normalized spacial score (nSPS) is 12.3. The minimum absolute atomic E-state index is 0.0682. The van der Waals surface area contributed by atoms with Crippen LogP contribution in [0.1, 0.15) is 36.1 Å². The van der Waals surface area contributed by atoms with Gasteiger partial charge in [0.2, 0.25) is 0 Å². The second-order valence-corrected chi connectivity index (χ2v) is 6.54. The number of rotatable bonds is 7. The fourth-order valence-electron chi connectivity index (χ4n) is 3.11. The van der Waals surface area contributed by atoms with Gasteiger partial charge < -0.3 is 10.1 Å². The third kappa shape index (κ3) is 4.89. The van der Waals surface area contributed by atoms with Gasteiger partial charge in [-0.1, -0.05) is 79.7 Å².